The van der Waals surface area contributed by atoms with E-state index in [4.69, 9.17) is 27.9 Å². The van der Waals surface area contributed by atoms with Crippen LogP contribution in [0.4, 0.5) is 0 Å². The third kappa shape index (κ3) is 3.73. The summed E-state index contributed by atoms with van der Waals surface area (Å²) in [6.07, 6.45) is 3.80. The van der Waals surface area contributed by atoms with Crippen molar-refractivity contribution in [2.45, 2.75) is 44.1 Å². The van der Waals surface area contributed by atoms with Crippen LogP contribution in [0, 0.1) is 0 Å². The Kier molecular flexibility index (Phi) is 5.70. The van der Waals surface area contributed by atoms with E-state index in [1.165, 1.54) is 7.11 Å². The number of ether oxygens (including phenoxy) is 1. The summed E-state index contributed by atoms with van der Waals surface area (Å²) in [6.45, 7) is 0. The third-order valence-electron chi connectivity index (χ3n) is 4.06. The lowest BCUT2D eigenvalue weighted by molar-refractivity contribution is -0.150. The number of benzene rings is 1. The van der Waals surface area contributed by atoms with Gasteiger partial charge >= 0.3 is 5.97 Å². The van der Waals surface area contributed by atoms with Crippen LogP contribution in [0.1, 0.15) is 37.7 Å². The monoisotopic (exact) mass is 343 g/mol. The SMILES string of the molecule is COC(=O)C1(NC(=O)CCc2cccc(Cl)c2Cl)CCCC1. The molecule has 0 radical (unpaired) electrons. The van der Waals surface area contributed by atoms with Crippen molar-refractivity contribution in [3.05, 3.63) is 33.8 Å². The summed E-state index contributed by atoms with van der Waals surface area (Å²) in [6, 6.07) is 5.35. The summed E-state index contributed by atoms with van der Waals surface area (Å²) in [5.74, 6) is -0.539. The molecular formula is C16H19Cl2NO3. The summed E-state index contributed by atoms with van der Waals surface area (Å²) >= 11 is 12.1. The maximum atomic E-state index is 12.2. The summed E-state index contributed by atoms with van der Waals surface area (Å²) in [7, 11) is 1.35. The van der Waals surface area contributed by atoms with Crippen molar-refractivity contribution < 1.29 is 14.3 Å². The van der Waals surface area contributed by atoms with Gasteiger partial charge in [0.2, 0.25) is 5.91 Å². The number of methoxy groups -OCH3 is 1. The van der Waals surface area contributed by atoms with E-state index in [9.17, 15) is 9.59 Å². The first-order valence-corrected chi connectivity index (χ1v) is 8.06. The van der Waals surface area contributed by atoms with Crippen LogP contribution in [0.3, 0.4) is 0 Å². The van der Waals surface area contributed by atoms with E-state index in [1.54, 1.807) is 12.1 Å². The second kappa shape index (κ2) is 7.34. The third-order valence-corrected chi connectivity index (χ3v) is 4.92. The molecule has 1 aromatic carbocycles. The Hall–Kier alpha value is -1.26. The van der Waals surface area contributed by atoms with Gasteiger partial charge in [-0.25, -0.2) is 4.79 Å². The molecule has 6 heteroatoms. The second-order valence-electron chi connectivity index (χ2n) is 5.54. The zero-order valence-electron chi connectivity index (χ0n) is 12.5. The Morgan fingerprint density at radius 1 is 1.27 bits per heavy atom. The molecule has 0 saturated heterocycles. The Morgan fingerprint density at radius 3 is 2.59 bits per heavy atom. The van der Waals surface area contributed by atoms with Crippen molar-refractivity contribution in [1.82, 2.24) is 5.32 Å². The van der Waals surface area contributed by atoms with Crippen LogP contribution in [-0.4, -0.2) is 24.5 Å². The summed E-state index contributed by atoms with van der Waals surface area (Å²) < 4.78 is 4.84. The molecule has 0 spiro atoms. The minimum absolute atomic E-state index is 0.177. The first-order chi connectivity index (χ1) is 10.5. The summed E-state index contributed by atoms with van der Waals surface area (Å²) in [5, 5.41) is 3.80. The van der Waals surface area contributed by atoms with Crippen molar-refractivity contribution in [1.29, 1.82) is 0 Å². The van der Waals surface area contributed by atoms with Crippen LogP contribution in [0.25, 0.3) is 0 Å². The van der Waals surface area contributed by atoms with Crippen molar-refractivity contribution in [3.63, 3.8) is 0 Å². The summed E-state index contributed by atoms with van der Waals surface area (Å²) in [4.78, 5) is 24.2. The standard InChI is InChI=1S/C16H19Cl2NO3/c1-22-15(21)16(9-2-3-10-16)19-13(20)8-7-11-5-4-6-12(17)14(11)18/h4-6H,2-3,7-10H2,1H3,(H,19,20). The predicted octanol–water partition coefficient (Wildman–Crippen LogP) is 3.53. The number of carbonyl (C=O) groups excluding carboxylic acids is 2. The van der Waals surface area contributed by atoms with Gasteiger partial charge in [0.15, 0.2) is 0 Å². The molecular weight excluding hydrogens is 325 g/mol. The van der Waals surface area contributed by atoms with Gasteiger partial charge in [0.25, 0.3) is 0 Å². The molecule has 0 bridgehead atoms. The number of carbonyl (C=O) groups is 2. The molecule has 0 aliphatic heterocycles. The Bertz CT molecular complexity index is 569. The first kappa shape index (κ1) is 17.1. The Morgan fingerprint density at radius 2 is 1.95 bits per heavy atom. The molecule has 1 aromatic rings. The van der Waals surface area contributed by atoms with E-state index in [2.05, 4.69) is 5.32 Å². The second-order valence-corrected chi connectivity index (χ2v) is 6.33. The Balaban J connectivity index is 1.97. The molecule has 22 heavy (non-hydrogen) atoms. The van der Waals surface area contributed by atoms with Crippen LogP contribution in [0.2, 0.25) is 10.0 Å². The molecule has 1 saturated carbocycles. The average molecular weight is 344 g/mol. The zero-order valence-corrected chi connectivity index (χ0v) is 14.0. The molecule has 1 fully saturated rings. The molecule has 1 N–H and O–H groups in total. The van der Waals surface area contributed by atoms with Crippen LogP contribution >= 0.6 is 23.2 Å². The maximum absolute atomic E-state index is 12.2. The predicted molar refractivity (Wildman–Crippen MR) is 86.1 cm³/mol. The highest BCUT2D eigenvalue weighted by Crippen LogP contribution is 2.31. The average Bonchev–Trinajstić information content (AvgIpc) is 2.97. The number of nitrogens with one attached hydrogen (secondary N) is 1. The fourth-order valence-electron chi connectivity index (χ4n) is 2.87. The molecule has 0 unspecified atom stereocenters. The van der Waals surface area contributed by atoms with Gasteiger partial charge in [0.1, 0.15) is 5.54 Å². The lowest BCUT2D eigenvalue weighted by atomic mass is 9.97. The van der Waals surface area contributed by atoms with Gasteiger partial charge in [-0.3, -0.25) is 4.79 Å². The fraction of sp³-hybridized carbons (Fsp3) is 0.500. The van der Waals surface area contributed by atoms with Crippen LogP contribution < -0.4 is 5.32 Å². The highest BCUT2D eigenvalue weighted by atomic mass is 35.5. The van der Waals surface area contributed by atoms with Crippen LogP contribution in [-0.2, 0) is 20.7 Å². The lowest BCUT2D eigenvalue weighted by Crippen LogP contribution is -2.53. The highest BCUT2D eigenvalue weighted by molar-refractivity contribution is 6.42. The molecule has 1 aliphatic carbocycles. The highest BCUT2D eigenvalue weighted by Gasteiger charge is 2.43. The van der Waals surface area contributed by atoms with Gasteiger partial charge in [0.05, 0.1) is 17.2 Å². The van der Waals surface area contributed by atoms with Gasteiger partial charge in [-0.2, -0.15) is 0 Å². The smallest absolute Gasteiger partial charge is 0.331 e. The van der Waals surface area contributed by atoms with Gasteiger partial charge < -0.3 is 10.1 Å². The number of amides is 1. The normalized spacial score (nSPS) is 16.3. The maximum Gasteiger partial charge on any atom is 0.331 e. The van der Waals surface area contributed by atoms with Crippen molar-refractivity contribution in [3.8, 4) is 0 Å². The van der Waals surface area contributed by atoms with Crippen LogP contribution in [0.15, 0.2) is 18.2 Å². The molecule has 4 nitrogen and oxygen atoms in total. The molecule has 1 amide bonds. The molecule has 1 aliphatic rings. The molecule has 0 aromatic heterocycles. The number of esters is 1. The molecule has 120 valence electrons. The zero-order chi connectivity index (χ0) is 16.2. The van der Waals surface area contributed by atoms with E-state index in [-0.39, 0.29) is 18.3 Å². The number of rotatable bonds is 5. The lowest BCUT2D eigenvalue weighted by Gasteiger charge is -2.27. The van der Waals surface area contributed by atoms with E-state index < -0.39 is 5.54 Å². The van der Waals surface area contributed by atoms with Gasteiger partial charge in [0, 0.05) is 6.42 Å². The number of aryl methyl sites for hydroxylation is 1. The van der Waals surface area contributed by atoms with E-state index in [1.807, 2.05) is 6.07 Å². The van der Waals surface area contributed by atoms with Crippen molar-refractivity contribution >= 4 is 35.1 Å². The minimum Gasteiger partial charge on any atom is -0.467 e. The van der Waals surface area contributed by atoms with Crippen molar-refractivity contribution in [2.75, 3.05) is 7.11 Å². The molecule has 2 rings (SSSR count). The van der Waals surface area contributed by atoms with Crippen molar-refractivity contribution in [2.24, 2.45) is 0 Å². The molecule has 0 heterocycles. The van der Waals surface area contributed by atoms with Crippen LogP contribution in [0.5, 0.6) is 0 Å². The minimum atomic E-state index is -0.857. The topological polar surface area (TPSA) is 55.4 Å². The first-order valence-electron chi connectivity index (χ1n) is 7.31. The number of hydrogen-bond acceptors (Lipinski definition) is 3. The van der Waals surface area contributed by atoms with Gasteiger partial charge in [-0.1, -0.05) is 48.2 Å². The Labute approximate surface area is 140 Å². The number of halogens is 2. The van der Waals surface area contributed by atoms with E-state index in [0.29, 0.717) is 29.3 Å². The largest absolute Gasteiger partial charge is 0.467 e. The van der Waals surface area contributed by atoms with Gasteiger partial charge in [-0.15, -0.1) is 0 Å². The quantitative estimate of drug-likeness (QED) is 0.832. The van der Waals surface area contributed by atoms with E-state index >= 15 is 0 Å². The fourth-order valence-corrected chi connectivity index (χ4v) is 3.29. The molecule has 0 atom stereocenters. The summed E-state index contributed by atoms with van der Waals surface area (Å²) in [5.41, 5.74) is -0.0351. The number of hydrogen-bond donors (Lipinski definition) is 1. The van der Waals surface area contributed by atoms with Gasteiger partial charge in [-0.05, 0) is 30.9 Å². The van der Waals surface area contributed by atoms with E-state index in [0.717, 1.165) is 18.4 Å².